The smallest absolute Gasteiger partial charge is 0.164 e. The Morgan fingerprint density at radius 1 is 0.462 bits per heavy atom. The van der Waals surface area contributed by atoms with E-state index in [1.54, 1.807) is 12.3 Å². The fourth-order valence-corrected chi connectivity index (χ4v) is 9.52. The number of pyridine rings is 1. The number of hydrogen-bond acceptors (Lipinski definition) is 7. The molecule has 7 nitrogen and oxygen atoms in total. The van der Waals surface area contributed by atoms with Gasteiger partial charge in [0.1, 0.15) is 6.07 Å². The lowest BCUT2D eigenvalue weighted by atomic mass is 9.69. The van der Waals surface area contributed by atoms with E-state index < -0.39 is 0 Å². The van der Waals surface area contributed by atoms with Gasteiger partial charge in [-0.2, -0.15) is 15.8 Å². The summed E-state index contributed by atoms with van der Waals surface area (Å²) < 4.78 is 0. The van der Waals surface area contributed by atoms with Gasteiger partial charge in [0.25, 0.3) is 0 Å². The Morgan fingerprint density at radius 2 is 0.892 bits per heavy atom. The molecular weight excluding hydrogens is 795 g/mol. The van der Waals surface area contributed by atoms with Gasteiger partial charge in [-0.05, 0) is 136 Å². The van der Waals surface area contributed by atoms with E-state index in [4.69, 9.17) is 19.9 Å². The van der Waals surface area contributed by atoms with E-state index in [0.29, 0.717) is 46.0 Å². The van der Waals surface area contributed by atoms with Crippen molar-refractivity contribution in [3.63, 3.8) is 0 Å². The Balaban J connectivity index is 1.18. The van der Waals surface area contributed by atoms with Crippen molar-refractivity contribution < 1.29 is 0 Å². The van der Waals surface area contributed by atoms with Crippen molar-refractivity contribution in [1.82, 2.24) is 19.9 Å². The Bertz CT molecular complexity index is 3100. The molecule has 0 spiro atoms. The SMILES string of the molecule is CCC1(c2ccc(-c3cc(-c4ccc(C#N)cn4)cc(-c4nc(-c5ccc(-c6ccc(C#N)cc6)cc5)nc(-c5cccc(-c6ccc(C#N)cc6)c5)n4)c3)cc2)C[C@H](C)CC[C@H](C)C1. The normalized spacial score (nSPS) is 17.0. The molecule has 0 bridgehead atoms. The number of rotatable bonds is 9. The fourth-order valence-electron chi connectivity index (χ4n) is 9.52. The molecule has 6 aromatic carbocycles. The van der Waals surface area contributed by atoms with Crippen LogP contribution in [0.2, 0.25) is 0 Å². The molecule has 2 heterocycles. The number of aromatic nitrogens is 4. The lowest BCUT2D eigenvalue weighted by Crippen LogP contribution is -2.28. The van der Waals surface area contributed by atoms with Gasteiger partial charge in [-0.25, -0.2) is 15.0 Å². The molecule has 2 aromatic heterocycles. The third-order valence-electron chi connectivity index (χ3n) is 13.1. The van der Waals surface area contributed by atoms with Gasteiger partial charge in [0.15, 0.2) is 17.5 Å². The Labute approximate surface area is 381 Å². The van der Waals surface area contributed by atoms with Gasteiger partial charge < -0.3 is 0 Å². The zero-order valence-corrected chi connectivity index (χ0v) is 36.8. The summed E-state index contributed by atoms with van der Waals surface area (Å²) in [4.78, 5) is 20.2. The summed E-state index contributed by atoms with van der Waals surface area (Å²) in [5.74, 6) is 2.91. The molecule has 0 radical (unpaired) electrons. The van der Waals surface area contributed by atoms with Crippen LogP contribution in [0, 0.1) is 45.8 Å². The Kier molecular flexibility index (Phi) is 11.9. The first-order chi connectivity index (χ1) is 31.7. The second-order valence-corrected chi connectivity index (χ2v) is 17.6. The molecule has 314 valence electrons. The van der Waals surface area contributed by atoms with Crippen LogP contribution in [0.3, 0.4) is 0 Å². The lowest BCUT2D eigenvalue weighted by molar-refractivity contribution is 0.295. The predicted octanol–water partition coefficient (Wildman–Crippen LogP) is 14.0. The highest BCUT2D eigenvalue weighted by molar-refractivity contribution is 5.80. The summed E-state index contributed by atoms with van der Waals surface area (Å²) in [5, 5.41) is 28.3. The number of benzene rings is 6. The molecule has 1 fully saturated rings. The van der Waals surface area contributed by atoms with Crippen molar-refractivity contribution in [1.29, 1.82) is 15.8 Å². The van der Waals surface area contributed by atoms with Crippen LogP contribution in [0.15, 0.2) is 158 Å². The van der Waals surface area contributed by atoms with E-state index in [1.807, 2.05) is 97.1 Å². The molecule has 1 aliphatic carbocycles. The third kappa shape index (κ3) is 9.08. The molecular formula is C58H47N7. The summed E-state index contributed by atoms with van der Waals surface area (Å²) in [7, 11) is 0. The fraction of sp³-hybridized carbons (Fsp3) is 0.190. The molecule has 0 N–H and O–H groups in total. The van der Waals surface area contributed by atoms with Crippen LogP contribution in [-0.4, -0.2) is 19.9 Å². The minimum absolute atomic E-state index is 0.155. The van der Waals surface area contributed by atoms with E-state index in [9.17, 15) is 15.8 Å². The average Bonchev–Trinajstić information content (AvgIpc) is 3.53. The third-order valence-corrected chi connectivity index (χ3v) is 13.1. The first-order valence-corrected chi connectivity index (χ1v) is 22.3. The quantitative estimate of drug-likeness (QED) is 0.133. The van der Waals surface area contributed by atoms with Crippen LogP contribution in [0.4, 0.5) is 0 Å². The van der Waals surface area contributed by atoms with E-state index in [0.717, 1.165) is 67.7 Å². The molecule has 8 aromatic rings. The molecule has 1 unspecified atom stereocenters. The average molecular weight is 842 g/mol. The van der Waals surface area contributed by atoms with Gasteiger partial charge in [0, 0.05) is 28.5 Å². The summed E-state index contributed by atoms with van der Waals surface area (Å²) >= 11 is 0. The van der Waals surface area contributed by atoms with Crippen molar-refractivity contribution >= 4 is 0 Å². The van der Waals surface area contributed by atoms with E-state index in [2.05, 4.69) is 87.5 Å². The molecule has 1 saturated carbocycles. The van der Waals surface area contributed by atoms with E-state index in [1.165, 1.54) is 31.2 Å². The van der Waals surface area contributed by atoms with Crippen molar-refractivity contribution in [2.24, 2.45) is 11.8 Å². The highest BCUT2D eigenvalue weighted by Crippen LogP contribution is 2.46. The predicted molar refractivity (Wildman–Crippen MR) is 259 cm³/mol. The maximum atomic E-state index is 9.58. The maximum Gasteiger partial charge on any atom is 0.164 e. The van der Waals surface area contributed by atoms with Gasteiger partial charge >= 0.3 is 0 Å². The number of nitrogens with zero attached hydrogens (tertiary/aromatic N) is 7. The molecule has 1 aliphatic rings. The topological polar surface area (TPSA) is 123 Å². The van der Waals surface area contributed by atoms with Crippen molar-refractivity contribution in [2.45, 2.75) is 58.3 Å². The van der Waals surface area contributed by atoms with Crippen LogP contribution in [-0.2, 0) is 5.41 Å². The lowest BCUT2D eigenvalue weighted by Gasteiger charge is -2.35. The van der Waals surface area contributed by atoms with Gasteiger partial charge in [-0.1, -0.05) is 125 Å². The van der Waals surface area contributed by atoms with Crippen molar-refractivity contribution in [2.75, 3.05) is 0 Å². The second kappa shape index (κ2) is 18.4. The number of hydrogen-bond donors (Lipinski definition) is 0. The monoisotopic (exact) mass is 841 g/mol. The second-order valence-electron chi connectivity index (χ2n) is 17.6. The highest BCUT2D eigenvalue weighted by Gasteiger charge is 2.36. The van der Waals surface area contributed by atoms with Gasteiger partial charge in [-0.3, -0.25) is 4.98 Å². The molecule has 7 heteroatoms. The molecule has 0 aliphatic heterocycles. The molecule has 9 rings (SSSR count). The summed E-state index contributed by atoms with van der Waals surface area (Å²) in [6.45, 7) is 7.18. The summed E-state index contributed by atoms with van der Waals surface area (Å²) in [6.07, 6.45) is 7.70. The molecule has 0 amide bonds. The molecule has 65 heavy (non-hydrogen) atoms. The Hall–Kier alpha value is -8.05. The summed E-state index contributed by atoms with van der Waals surface area (Å²) in [6, 6.07) is 57.2. The van der Waals surface area contributed by atoms with E-state index in [-0.39, 0.29) is 5.41 Å². The summed E-state index contributed by atoms with van der Waals surface area (Å²) in [5.41, 5.74) is 13.4. The zero-order chi connectivity index (χ0) is 44.9. The first kappa shape index (κ1) is 42.3. The van der Waals surface area contributed by atoms with Gasteiger partial charge in [0.05, 0.1) is 34.5 Å². The van der Waals surface area contributed by atoms with Crippen molar-refractivity contribution in [3.8, 4) is 97.0 Å². The Morgan fingerprint density at radius 3 is 1.45 bits per heavy atom. The highest BCUT2D eigenvalue weighted by atomic mass is 15.0. The van der Waals surface area contributed by atoms with Crippen LogP contribution < -0.4 is 0 Å². The largest absolute Gasteiger partial charge is 0.255 e. The minimum atomic E-state index is 0.155. The van der Waals surface area contributed by atoms with Crippen LogP contribution >= 0.6 is 0 Å². The van der Waals surface area contributed by atoms with Crippen LogP contribution in [0.25, 0.3) is 78.8 Å². The first-order valence-electron chi connectivity index (χ1n) is 22.3. The standard InChI is InChI=1S/C58H47N7/c1-4-58(32-38(2)8-9-39(3)33-58)53-25-23-46(24-26-53)50-29-51(54-27-14-42(36-61)37-62-54)31-52(30-50)57-64-55(47-21-19-44(20-22-47)43-15-10-40(34-59)11-16-43)63-56(65-57)49-7-5-6-48(28-49)45-17-12-41(35-60)13-18-45/h5-7,10-31,37-39H,4,8-9,32-33H2,1-3H3/t38-,39+,58?. The van der Waals surface area contributed by atoms with Crippen molar-refractivity contribution in [3.05, 3.63) is 180 Å². The molecule has 0 saturated heterocycles. The van der Waals surface area contributed by atoms with E-state index >= 15 is 0 Å². The zero-order valence-electron chi connectivity index (χ0n) is 36.8. The van der Waals surface area contributed by atoms with Gasteiger partial charge in [0.2, 0.25) is 0 Å². The van der Waals surface area contributed by atoms with Gasteiger partial charge in [-0.15, -0.1) is 0 Å². The molecule has 3 atom stereocenters. The maximum absolute atomic E-state index is 9.58. The number of nitriles is 3. The minimum Gasteiger partial charge on any atom is -0.255 e. The van der Waals surface area contributed by atoms with Crippen LogP contribution in [0.5, 0.6) is 0 Å². The van der Waals surface area contributed by atoms with Crippen LogP contribution in [0.1, 0.15) is 75.1 Å².